The van der Waals surface area contributed by atoms with Gasteiger partial charge in [-0.15, -0.1) is 0 Å². The number of benzene rings is 1. The van der Waals surface area contributed by atoms with Gasteiger partial charge in [0.1, 0.15) is 10.6 Å². The van der Waals surface area contributed by atoms with E-state index in [0.29, 0.717) is 18.7 Å². The molecule has 1 aromatic carbocycles. The number of hydrogen-bond donors (Lipinski definition) is 1. The molecule has 1 N–H and O–H groups in total. The predicted molar refractivity (Wildman–Crippen MR) is 107 cm³/mol. The summed E-state index contributed by atoms with van der Waals surface area (Å²) >= 11 is 0. The SMILES string of the molecule is COc1ccc(NC(C)=O)cc1S(=O)(=O)N(C[C@H]1CCCO1)[C@H]1CCS(=O)(=O)C1. The highest BCUT2D eigenvalue weighted by atomic mass is 32.2. The minimum absolute atomic E-state index is 0.0434. The highest BCUT2D eigenvalue weighted by molar-refractivity contribution is 7.92. The number of nitrogens with zero attached hydrogens (tertiary/aromatic N) is 1. The summed E-state index contributed by atoms with van der Waals surface area (Å²) in [5.74, 6) is -0.473. The maximum Gasteiger partial charge on any atom is 0.247 e. The van der Waals surface area contributed by atoms with Crippen LogP contribution in [0.5, 0.6) is 5.75 Å². The number of amides is 1. The van der Waals surface area contributed by atoms with Gasteiger partial charge in [-0.2, -0.15) is 4.31 Å². The third kappa shape index (κ3) is 5.08. The molecule has 1 aromatic rings. The lowest BCUT2D eigenvalue weighted by molar-refractivity contribution is -0.114. The Kier molecular flexibility index (Phi) is 6.51. The van der Waals surface area contributed by atoms with Crippen LogP contribution in [-0.2, 0) is 29.4 Å². The van der Waals surface area contributed by atoms with E-state index >= 15 is 0 Å². The maximum absolute atomic E-state index is 13.6. The standard InChI is InChI=1S/C18H26N2O7S2/c1-13(21)19-14-5-6-17(26-2)18(10-14)29(24,25)20(11-16-4-3-8-27-16)15-7-9-28(22,23)12-15/h5-6,10,15-16H,3-4,7-9,11-12H2,1-2H3,(H,19,21)/t15-,16+/m0/s1. The predicted octanol–water partition coefficient (Wildman–Crippen LogP) is 1.01. The van der Waals surface area contributed by atoms with Crippen LogP contribution in [0.2, 0.25) is 0 Å². The summed E-state index contributed by atoms with van der Waals surface area (Å²) in [7, 11) is -6.04. The molecule has 2 aliphatic heterocycles. The largest absolute Gasteiger partial charge is 0.495 e. The number of carbonyl (C=O) groups is 1. The van der Waals surface area contributed by atoms with Crippen molar-refractivity contribution in [3.05, 3.63) is 18.2 Å². The molecule has 0 spiro atoms. The smallest absolute Gasteiger partial charge is 0.247 e. The van der Waals surface area contributed by atoms with Crippen molar-refractivity contribution in [3.63, 3.8) is 0 Å². The van der Waals surface area contributed by atoms with Crippen molar-refractivity contribution in [3.8, 4) is 5.75 Å². The van der Waals surface area contributed by atoms with Gasteiger partial charge < -0.3 is 14.8 Å². The van der Waals surface area contributed by atoms with Gasteiger partial charge in [0, 0.05) is 31.8 Å². The van der Waals surface area contributed by atoms with E-state index in [-0.39, 0.29) is 47.1 Å². The minimum atomic E-state index is -4.11. The van der Waals surface area contributed by atoms with Gasteiger partial charge in [0.2, 0.25) is 15.9 Å². The van der Waals surface area contributed by atoms with Gasteiger partial charge in [-0.25, -0.2) is 16.8 Å². The topological polar surface area (TPSA) is 119 Å². The van der Waals surface area contributed by atoms with Crippen LogP contribution in [-0.4, -0.2) is 71.0 Å². The van der Waals surface area contributed by atoms with Crippen molar-refractivity contribution >= 4 is 31.5 Å². The number of carbonyl (C=O) groups excluding carboxylic acids is 1. The zero-order chi connectivity index (χ0) is 21.2. The first-order chi connectivity index (χ1) is 13.6. The van der Waals surface area contributed by atoms with Crippen LogP contribution in [0.25, 0.3) is 0 Å². The Hall–Kier alpha value is -1.69. The van der Waals surface area contributed by atoms with E-state index in [0.717, 1.165) is 6.42 Å². The second-order valence-corrected chi connectivity index (χ2v) is 11.4. The van der Waals surface area contributed by atoms with E-state index in [1.165, 1.54) is 30.5 Å². The first-order valence-corrected chi connectivity index (χ1v) is 12.7. The molecule has 2 fully saturated rings. The molecule has 2 atom stereocenters. The van der Waals surface area contributed by atoms with Crippen molar-refractivity contribution in [2.45, 2.75) is 43.2 Å². The molecule has 1 amide bonds. The third-order valence-electron chi connectivity index (χ3n) is 5.09. The minimum Gasteiger partial charge on any atom is -0.495 e. The lowest BCUT2D eigenvalue weighted by Crippen LogP contribution is -2.45. The Bertz CT molecular complexity index is 970. The number of ether oxygens (including phenoxy) is 2. The molecule has 2 heterocycles. The van der Waals surface area contributed by atoms with E-state index in [1.807, 2.05) is 0 Å². The molecule has 0 bridgehead atoms. The molecule has 0 saturated carbocycles. The Morgan fingerprint density at radius 1 is 1.34 bits per heavy atom. The zero-order valence-corrected chi connectivity index (χ0v) is 18.1. The van der Waals surface area contributed by atoms with Crippen molar-refractivity contribution < 1.29 is 31.1 Å². The molecule has 2 saturated heterocycles. The van der Waals surface area contributed by atoms with Gasteiger partial charge in [0.25, 0.3) is 0 Å². The van der Waals surface area contributed by atoms with E-state index in [2.05, 4.69) is 5.32 Å². The third-order valence-corrected chi connectivity index (χ3v) is 8.78. The molecular formula is C18H26N2O7S2. The number of rotatable bonds is 7. The lowest BCUT2D eigenvalue weighted by Gasteiger charge is -2.30. The molecule has 11 heteroatoms. The molecule has 0 aromatic heterocycles. The second-order valence-electron chi connectivity index (χ2n) is 7.31. The normalized spacial score (nSPS) is 24.0. The Balaban J connectivity index is 2.02. The van der Waals surface area contributed by atoms with Crippen LogP contribution < -0.4 is 10.1 Å². The molecule has 9 nitrogen and oxygen atoms in total. The van der Waals surface area contributed by atoms with Crippen LogP contribution >= 0.6 is 0 Å². The number of nitrogens with one attached hydrogen (secondary N) is 1. The van der Waals surface area contributed by atoms with Crippen molar-refractivity contribution in [2.75, 3.05) is 37.1 Å². The highest BCUT2D eigenvalue weighted by Crippen LogP contribution is 2.33. The van der Waals surface area contributed by atoms with Gasteiger partial charge in [0.05, 0.1) is 24.7 Å². The van der Waals surface area contributed by atoms with Gasteiger partial charge >= 0.3 is 0 Å². The van der Waals surface area contributed by atoms with Crippen LogP contribution in [0.3, 0.4) is 0 Å². The first kappa shape index (κ1) is 22.0. The molecule has 0 radical (unpaired) electrons. The highest BCUT2D eigenvalue weighted by Gasteiger charge is 2.41. The van der Waals surface area contributed by atoms with Crippen LogP contribution in [0, 0.1) is 0 Å². The van der Waals surface area contributed by atoms with Gasteiger partial charge in [-0.05, 0) is 37.5 Å². The number of methoxy groups -OCH3 is 1. The second kappa shape index (κ2) is 8.58. The fourth-order valence-electron chi connectivity index (χ4n) is 3.72. The molecule has 0 aliphatic carbocycles. The summed E-state index contributed by atoms with van der Waals surface area (Å²) in [4.78, 5) is 11.3. The van der Waals surface area contributed by atoms with Gasteiger partial charge in [0.15, 0.2) is 9.84 Å². The fourth-order valence-corrected chi connectivity index (χ4v) is 7.41. The summed E-state index contributed by atoms with van der Waals surface area (Å²) < 4.78 is 63.4. The number of hydrogen-bond acceptors (Lipinski definition) is 7. The summed E-state index contributed by atoms with van der Waals surface area (Å²) in [5.41, 5.74) is 0.313. The zero-order valence-electron chi connectivity index (χ0n) is 16.5. The quantitative estimate of drug-likeness (QED) is 0.664. The van der Waals surface area contributed by atoms with Crippen LogP contribution in [0.15, 0.2) is 23.1 Å². The van der Waals surface area contributed by atoms with E-state index in [9.17, 15) is 21.6 Å². The maximum atomic E-state index is 13.6. The Morgan fingerprint density at radius 2 is 2.10 bits per heavy atom. The average Bonchev–Trinajstić information content (AvgIpc) is 3.28. The first-order valence-electron chi connectivity index (χ1n) is 9.42. The average molecular weight is 447 g/mol. The Labute approximate surface area is 171 Å². The molecule has 3 rings (SSSR count). The van der Waals surface area contributed by atoms with Crippen LogP contribution in [0.4, 0.5) is 5.69 Å². The molecular weight excluding hydrogens is 420 g/mol. The number of sulfonamides is 1. The Morgan fingerprint density at radius 3 is 2.66 bits per heavy atom. The summed E-state index contributed by atoms with van der Waals surface area (Å²) in [6.45, 7) is 1.96. The summed E-state index contributed by atoms with van der Waals surface area (Å²) in [6.07, 6.45) is 1.51. The number of anilines is 1. The number of sulfone groups is 1. The summed E-state index contributed by atoms with van der Waals surface area (Å²) in [6, 6.07) is 3.68. The van der Waals surface area contributed by atoms with Gasteiger partial charge in [-0.1, -0.05) is 0 Å². The molecule has 29 heavy (non-hydrogen) atoms. The van der Waals surface area contributed by atoms with E-state index in [1.54, 1.807) is 6.07 Å². The van der Waals surface area contributed by atoms with Crippen molar-refractivity contribution in [2.24, 2.45) is 0 Å². The van der Waals surface area contributed by atoms with Crippen molar-refractivity contribution in [1.82, 2.24) is 4.31 Å². The molecule has 0 unspecified atom stereocenters. The molecule has 162 valence electrons. The van der Waals surface area contributed by atoms with Crippen molar-refractivity contribution in [1.29, 1.82) is 0 Å². The fraction of sp³-hybridized carbons (Fsp3) is 0.611. The molecule has 2 aliphatic rings. The lowest BCUT2D eigenvalue weighted by atomic mass is 10.2. The monoisotopic (exact) mass is 446 g/mol. The van der Waals surface area contributed by atoms with Gasteiger partial charge in [-0.3, -0.25) is 4.79 Å². The van der Waals surface area contributed by atoms with E-state index < -0.39 is 25.9 Å². The van der Waals surface area contributed by atoms with Crippen LogP contribution in [0.1, 0.15) is 26.2 Å². The van der Waals surface area contributed by atoms with E-state index in [4.69, 9.17) is 9.47 Å². The summed E-state index contributed by atoms with van der Waals surface area (Å²) in [5, 5.41) is 2.57.